The van der Waals surface area contributed by atoms with Crippen LogP contribution >= 0.6 is 34.5 Å². The lowest BCUT2D eigenvalue weighted by atomic mass is 10.1. The highest BCUT2D eigenvalue weighted by Crippen LogP contribution is 2.39. The molecule has 0 radical (unpaired) electrons. The van der Waals surface area contributed by atoms with Gasteiger partial charge in [-0.1, -0.05) is 41.4 Å². The van der Waals surface area contributed by atoms with Crippen LogP contribution in [0, 0.1) is 0 Å². The maximum Gasteiger partial charge on any atom is 0.353 e. The average molecular weight is 402 g/mol. The predicted molar refractivity (Wildman–Crippen MR) is 108 cm³/mol. The fourth-order valence-electron chi connectivity index (χ4n) is 3.16. The molecule has 2 heterocycles. The van der Waals surface area contributed by atoms with Crippen molar-refractivity contribution >= 4 is 51.4 Å². The Morgan fingerprint density at radius 3 is 2.42 bits per heavy atom. The van der Waals surface area contributed by atoms with E-state index in [1.54, 1.807) is 18.2 Å². The average Bonchev–Trinajstić information content (AvgIpc) is 3.23. The predicted octanol–water partition coefficient (Wildman–Crippen LogP) is 6.42. The summed E-state index contributed by atoms with van der Waals surface area (Å²) in [6, 6.07) is 16.7. The van der Waals surface area contributed by atoms with Crippen molar-refractivity contribution in [2.24, 2.45) is 0 Å². The summed E-state index contributed by atoms with van der Waals surface area (Å²) in [5.74, 6) is -0.963. The Morgan fingerprint density at radius 1 is 1.04 bits per heavy atom. The van der Waals surface area contributed by atoms with Gasteiger partial charge in [0.25, 0.3) is 0 Å². The first-order valence-corrected chi connectivity index (χ1v) is 9.51. The van der Waals surface area contributed by atoms with E-state index in [1.807, 2.05) is 46.3 Å². The van der Waals surface area contributed by atoms with Crippen molar-refractivity contribution in [3.63, 3.8) is 0 Å². The van der Waals surface area contributed by atoms with Gasteiger partial charge >= 0.3 is 5.97 Å². The van der Waals surface area contributed by atoms with E-state index < -0.39 is 5.97 Å². The molecule has 0 atom stereocenters. The lowest BCUT2D eigenvalue weighted by Crippen LogP contribution is -2.10. The van der Waals surface area contributed by atoms with E-state index in [0.29, 0.717) is 22.2 Å². The fraction of sp³-hybridized carbons (Fsp3) is 0.0500. The van der Waals surface area contributed by atoms with Crippen molar-refractivity contribution < 1.29 is 9.90 Å². The highest BCUT2D eigenvalue weighted by Gasteiger charge is 2.24. The van der Waals surface area contributed by atoms with E-state index in [4.69, 9.17) is 23.2 Å². The van der Waals surface area contributed by atoms with Gasteiger partial charge in [-0.05, 0) is 47.3 Å². The minimum Gasteiger partial charge on any atom is -0.477 e. The summed E-state index contributed by atoms with van der Waals surface area (Å²) in [5.41, 5.74) is 2.78. The number of aromatic nitrogens is 1. The monoisotopic (exact) mass is 401 g/mol. The Labute approximate surface area is 164 Å². The molecule has 26 heavy (non-hydrogen) atoms. The van der Waals surface area contributed by atoms with E-state index in [9.17, 15) is 9.90 Å². The topological polar surface area (TPSA) is 42.2 Å². The van der Waals surface area contributed by atoms with Crippen molar-refractivity contribution in [1.29, 1.82) is 0 Å². The van der Waals surface area contributed by atoms with Crippen LogP contribution in [-0.4, -0.2) is 15.6 Å². The Kier molecular flexibility index (Phi) is 4.49. The molecule has 0 spiro atoms. The first kappa shape index (κ1) is 17.2. The molecule has 1 N–H and O–H groups in total. The highest BCUT2D eigenvalue weighted by atomic mass is 35.5. The molecule has 4 aromatic rings. The summed E-state index contributed by atoms with van der Waals surface area (Å²) in [5, 5.41) is 14.0. The number of benzene rings is 2. The smallest absolute Gasteiger partial charge is 0.353 e. The number of aromatic carboxylic acids is 1. The van der Waals surface area contributed by atoms with E-state index in [0.717, 1.165) is 21.3 Å². The summed E-state index contributed by atoms with van der Waals surface area (Å²) in [4.78, 5) is 13.1. The van der Waals surface area contributed by atoms with Gasteiger partial charge in [-0.15, -0.1) is 11.3 Å². The Balaban J connectivity index is 2.00. The van der Waals surface area contributed by atoms with E-state index in [1.165, 1.54) is 11.3 Å². The number of nitrogens with zero attached hydrogens (tertiary/aromatic N) is 1. The van der Waals surface area contributed by atoms with Gasteiger partial charge in [0.1, 0.15) is 5.69 Å². The third kappa shape index (κ3) is 3.01. The van der Waals surface area contributed by atoms with Gasteiger partial charge in [0.05, 0.1) is 0 Å². The maximum absolute atomic E-state index is 12.2. The molecular formula is C20H13Cl2NO2S. The molecule has 0 fully saturated rings. The van der Waals surface area contributed by atoms with Crippen LogP contribution in [0.1, 0.15) is 16.1 Å². The molecule has 2 aromatic heterocycles. The third-order valence-corrected chi connectivity index (χ3v) is 5.62. The lowest BCUT2D eigenvalue weighted by Gasteiger charge is -2.09. The second kappa shape index (κ2) is 6.80. The number of carbonyl (C=O) groups is 1. The quantitative estimate of drug-likeness (QED) is 0.428. The van der Waals surface area contributed by atoms with Crippen molar-refractivity contribution in [3.05, 3.63) is 81.3 Å². The van der Waals surface area contributed by atoms with Crippen molar-refractivity contribution in [3.8, 4) is 10.4 Å². The molecule has 4 rings (SSSR count). The second-order valence-corrected chi connectivity index (χ2v) is 7.70. The molecule has 0 amide bonds. The third-order valence-electron chi connectivity index (χ3n) is 4.25. The minimum absolute atomic E-state index is 0.264. The zero-order valence-corrected chi connectivity index (χ0v) is 15.8. The molecule has 0 aliphatic heterocycles. The molecule has 2 aromatic carbocycles. The van der Waals surface area contributed by atoms with Crippen LogP contribution in [0.2, 0.25) is 10.0 Å². The summed E-state index contributed by atoms with van der Waals surface area (Å²) in [6.45, 7) is 0.433. The number of hydrogen-bond acceptors (Lipinski definition) is 2. The standard InChI is InChI=1S/C20H13Cl2NO2S/c21-13-5-3-12(4-6-13)11-23-16-8-7-14(22)10-15(16)18(19(23)20(24)25)17-2-1-9-26-17/h1-10H,11H2,(H,24,25). The summed E-state index contributed by atoms with van der Waals surface area (Å²) in [7, 11) is 0. The molecule has 0 aliphatic carbocycles. The van der Waals surface area contributed by atoms with Crippen molar-refractivity contribution in [2.75, 3.05) is 0 Å². The van der Waals surface area contributed by atoms with Gasteiger partial charge in [-0.2, -0.15) is 0 Å². The summed E-state index contributed by atoms with van der Waals surface area (Å²) >= 11 is 13.7. The van der Waals surface area contributed by atoms with Gasteiger partial charge in [-0.3, -0.25) is 0 Å². The van der Waals surface area contributed by atoms with Gasteiger partial charge in [0, 0.05) is 37.9 Å². The van der Waals surface area contributed by atoms with Gasteiger partial charge in [-0.25, -0.2) is 4.79 Å². The molecule has 0 unspecified atom stereocenters. The molecular weight excluding hydrogens is 389 g/mol. The molecule has 0 saturated heterocycles. The summed E-state index contributed by atoms with van der Waals surface area (Å²) < 4.78 is 1.83. The lowest BCUT2D eigenvalue weighted by molar-refractivity contribution is 0.0687. The molecule has 6 heteroatoms. The van der Waals surface area contributed by atoms with Crippen LogP contribution in [0.5, 0.6) is 0 Å². The first-order valence-electron chi connectivity index (χ1n) is 7.88. The van der Waals surface area contributed by atoms with Gasteiger partial charge in [0.2, 0.25) is 0 Å². The van der Waals surface area contributed by atoms with Crippen LogP contribution in [-0.2, 0) is 6.54 Å². The van der Waals surface area contributed by atoms with Crippen LogP contribution in [0.25, 0.3) is 21.3 Å². The molecule has 0 bridgehead atoms. The highest BCUT2D eigenvalue weighted by molar-refractivity contribution is 7.13. The van der Waals surface area contributed by atoms with Crippen molar-refractivity contribution in [1.82, 2.24) is 4.57 Å². The number of thiophene rings is 1. The van der Waals surface area contributed by atoms with Gasteiger partial charge < -0.3 is 9.67 Å². The zero-order chi connectivity index (χ0) is 18.3. The fourth-order valence-corrected chi connectivity index (χ4v) is 4.24. The van der Waals surface area contributed by atoms with Crippen LogP contribution < -0.4 is 0 Å². The first-order chi connectivity index (χ1) is 12.5. The van der Waals surface area contributed by atoms with E-state index in [2.05, 4.69) is 0 Å². The molecule has 3 nitrogen and oxygen atoms in total. The maximum atomic E-state index is 12.2. The minimum atomic E-state index is -0.963. The van der Waals surface area contributed by atoms with E-state index >= 15 is 0 Å². The number of rotatable bonds is 4. The SMILES string of the molecule is O=C(O)c1c(-c2cccs2)c2cc(Cl)ccc2n1Cc1ccc(Cl)cc1. The second-order valence-electron chi connectivity index (χ2n) is 5.88. The number of hydrogen-bond donors (Lipinski definition) is 1. The van der Waals surface area contributed by atoms with Crippen LogP contribution in [0.3, 0.4) is 0 Å². The van der Waals surface area contributed by atoms with Crippen LogP contribution in [0.15, 0.2) is 60.0 Å². The number of carboxylic acids is 1. The summed E-state index contributed by atoms with van der Waals surface area (Å²) in [6.07, 6.45) is 0. The zero-order valence-electron chi connectivity index (χ0n) is 13.4. The normalized spacial score (nSPS) is 11.2. The molecule has 0 saturated carbocycles. The molecule has 0 aliphatic rings. The van der Waals surface area contributed by atoms with Crippen LogP contribution in [0.4, 0.5) is 0 Å². The Bertz CT molecular complexity index is 1100. The number of fused-ring (bicyclic) bond motifs is 1. The van der Waals surface area contributed by atoms with E-state index in [-0.39, 0.29) is 5.69 Å². The molecule has 130 valence electrons. The Hall–Kier alpha value is -2.27. The Morgan fingerprint density at radius 2 is 1.77 bits per heavy atom. The number of halogens is 2. The largest absolute Gasteiger partial charge is 0.477 e. The van der Waals surface area contributed by atoms with Gasteiger partial charge in [0.15, 0.2) is 0 Å². The number of carboxylic acid groups (broad SMARTS) is 1. The van der Waals surface area contributed by atoms with Crippen molar-refractivity contribution in [2.45, 2.75) is 6.54 Å².